The molecule has 3 aliphatic heterocycles. The number of carbonyl (C=O) groups excluding carboxylic acids is 4. The van der Waals surface area contributed by atoms with Gasteiger partial charge in [-0.15, -0.1) is 0 Å². The lowest BCUT2D eigenvalue weighted by molar-refractivity contribution is -0.135. The van der Waals surface area contributed by atoms with Crippen LogP contribution in [0.2, 0.25) is 0 Å². The maximum Gasteiger partial charge on any atom is 0.407 e. The predicted octanol–water partition coefficient (Wildman–Crippen LogP) is 5.56. The number of methoxy groups -OCH3 is 2. The Kier molecular flexibility index (Phi) is 10.5. The van der Waals surface area contributed by atoms with E-state index >= 15 is 0 Å². The third-order valence-electron chi connectivity index (χ3n) is 9.72. The molecular weight excluding hydrogens is 714 g/mol. The van der Waals surface area contributed by atoms with E-state index < -0.39 is 85.9 Å². The second kappa shape index (κ2) is 14.9. The third-order valence-corrected chi connectivity index (χ3v) is 9.72. The lowest BCUT2D eigenvalue weighted by atomic mass is 9.96. The molecule has 2 saturated heterocycles. The topological polar surface area (TPSA) is 158 Å². The van der Waals surface area contributed by atoms with E-state index in [4.69, 9.17) is 0 Å². The molecule has 54 heavy (non-hydrogen) atoms. The minimum absolute atomic E-state index is 0.194. The molecule has 13 nitrogen and oxygen atoms in total. The van der Waals surface area contributed by atoms with Crippen LogP contribution in [-0.4, -0.2) is 107 Å². The first kappa shape index (κ1) is 38.0. The number of rotatable bonds is 9. The number of hydrogen-bond donors (Lipinski definition) is 3. The highest BCUT2D eigenvalue weighted by Crippen LogP contribution is 2.41. The number of benzene rings is 2. The molecule has 4 amide bonds. The van der Waals surface area contributed by atoms with Crippen molar-refractivity contribution in [2.24, 2.45) is 4.99 Å². The molecule has 2 aromatic carbocycles. The van der Waals surface area contributed by atoms with Gasteiger partial charge in [0.2, 0.25) is 11.8 Å². The van der Waals surface area contributed by atoms with Crippen molar-refractivity contribution in [3.8, 4) is 22.4 Å². The summed E-state index contributed by atoms with van der Waals surface area (Å²) in [7, 11) is 2.28. The molecule has 0 spiro atoms. The Balaban J connectivity index is 1.09. The van der Waals surface area contributed by atoms with Crippen LogP contribution >= 0.6 is 0 Å². The Morgan fingerprint density at radius 1 is 0.759 bits per heavy atom. The normalized spacial score (nSPS) is 21.2. The number of alkyl halides is 4. The summed E-state index contributed by atoms with van der Waals surface area (Å²) in [6, 6.07) is 11.0. The van der Waals surface area contributed by atoms with Gasteiger partial charge in [0.15, 0.2) is 0 Å². The van der Waals surface area contributed by atoms with Crippen molar-refractivity contribution in [1.82, 2.24) is 30.4 Å². The van der Waals surface area contributed by atoms with Crippen molar-refractivity contribution >= 4 is 35.3 Å². The van der Waals surface area contributed by atoms with E-state index in [1.54, 1.807) is 6.20 Å². The number of likely N-dealkylation sites (tertiary alicyclic amines) is 2. The maximum atomic E-state index is 14.6. The van der Waals surface area contributed by atoms with Gasteiger partial charge >= 0.3 is 12.2 Å². The molecule has 0 aliphatic carbocycles. The van der Waals surface area contributed by atoms with Crippen LogP contribution in [0.15, 0.2) is 65.9 Å². The van der Waals surface area contributed by atoms with Crippen LogP contribution in [0.3, 0.4) is 0 Å². The number of nitrogens with zero attached hydrogens (tertiary/aromatic N) is 4. The monoisotopic (exact) mass is 753 g/mol. The van der Waals surface area contributed by atoms with Crippen molar-refractivity contribution in [3.05, 3.63) is 72.3 Å². The van der Waals surface area contributed by atoms with E-state index in [2.05, 4.69) is 35.1 Å². The first-order valence-corrected chi connectivity index (χ1v) is 17.2. The Labute approximate surface area is 307 Å². The summed E-state index contributed by atoms with van der Waals surface area (Å²) in [6.07, 6.45) is 0.528. The number of halogens is 4. The second-order valence-electron chi connectivity index (χ2n) is 13.6. The number of aromatic nitrogens is 2. The molecule has 17 heteroatoms. The molecule has 2 fully saturated rings. The summed E-state index contributed by atoms with van der Waals surface area (Å²) in [5, 5.41) is 4.65. The largest absolute Gasteiger partial charge is 0.453 e. The van der Waals surface area contributed by atoms with Crippen molar-refractivity contribution in [2.45, 2.75) is 69.1 Å². The van der Waals surface area contributed by atoms with E-state index in [1.165, 1.54) is 20.0 Å². The second-order valence-corrected chi connectivity index (χ2v) is 13.6. The number of aromatic amines is 1. The summed E-state index contributed by atoms with van der Waals surface area (Å²) in [5.41, 5.74) is 5.16. The zero-order chi connectivity index (χ0) is 38.9. The van der Waals surface area contributed by atoms with Crippen LogP contribution in [0.25, 0.3) is 28.0 Å². The summed E-state index contributed by atoms with van der Waals surface area (Å²) < 4.78 is 67.2. The van der Waals surface area contributed by atoms with Gasteiger partial charge < -0.3 is 34.9 Å². The number of nitrogens with one attached hydrogen (secondary N) is 3. The molecule has 3 aliphatic rings. The highest BCUT2D eigenvalue weighted by atomic mass is 19.3. The zero-order valence-corrected chi connectivity index (χ0v) is 29.9. The number of H-pyrrole nitrogens is 1. The van der Waals surface area contributed by atoms with Crippen LogP contribution in [-0.2, 0) is 19.1 Å². The lowest BCUT2D eigenvalue weighted by Gasteiger charge is -2.27. The molecular formula is C37H39F4N7O6. The highest BCUT2D eigenvalue weighted by Gasteiger charge is 2.51. The maximum absolute atomic E-state index is 14.6. The molecule has 4 heterocycles. The molecule has 3 aromatic rings. The van der Waals surface area contributed by atoms with E-state index in [0.717, 1.165) is 51.8 Å². The van der Waals surface area contributed by atoms with Gasteiger partial charge in [-0.1, -0.05) is 48.5 Å². The standard InChI is InChI=1S/C37H39F4N7O6/c1-20(44-34(51)53-3)32(49)47-18-36(38,39)14-29(47)27-13-26(16-42-27)24-7-5-22(6-8-24)23-9-11-25(12-10-23)28-17-43-31(46-28)30-15-37(40,41)19-48(30)33(50)21(2)45-35(52)54-4/h5-12,16-17,20-21,29-30H,13-15,18-19H2,1-4H3,(H,43,46)(H,44,51)(H,45,52)/t20-,21-,29-,30-/m0/s1. The molecule has 4 atom stereocenters. The van der Waals surface area contributed by atoms with Gasteiger partial charge in [0.05, 0.1) is 51.3 Å². The fourth-order valence-electron chi connectivity index (χ4n) is 6.93. The van der Waals surface area contributed by atoms with Crippen molar-refractivity contribution in [1.29, 1.82) is 0 Å². The van der Waals surface area contributed by atoms with Crippen molar-refractivity contribution < 1.29 is 46.2 Å². The van der Waals surface area contributed by atoms with Gasteiger partial charge in [-0.3, -0.25) is 14.6 Å². The van der Waals surface area contributed by atoms with E-state index in [-0.39, 0.29) is 12.2 Å². The lowest BCUT2D eigenvalue weighted by Crippen LogP contribution is -2.50. The van der Waals surface area contributed by atoms with Gasteiger partial charge in [-0.25, -0.2) is 32.1 Å². The molecule has 3 N–H and O–H groups in total. The van der Waals surface area contributed by atoms with Crippen LogP contribution in [0.1, 0.15) is 50.5 Å². The van der Waals surface area contributed by atoms with Crippen LogP contribution in [0, 0.1) is 0 Å². The van der Waals surface area contributed by atoms with Gasteiger partial charge in [0, 0.05) is 31.2 Å². The van der Waals surface area contributed by atoms with E-state index in [9.17, 15) is 36.7 Å². The Hall–Kier alpha value is -5.74. The molecule has 0 radical (unpaired) electrons. The van der Waals surface area contributed by atoms with Gasteiger partial charge in [-0.2, -0.15) is 0 Å². The van der Waals surface area contributed by atoms with Crippen LogP contribution in [0.5, 0.6) is 0 Å². The minimum Gasteiger partial charge on any atom is -0.453 e. The average Bonchev–Trinajstić information content (AvgIpc) is 3.96. The first-order valence-electron chi connectivity index (χ1n) is 17.2. The summed E-state index contributed by atoms with van der Waals surface area (Å²) in [5.74, 6) is -7.39. The van der Waals surface area contributed by atoms with Crippen LogP contribution < -0.4 is 10.6 Å². The third kappa shape index (κ3) is 8.09. The summed E-state index contributed by atoms with van der Waals surface area (Å²) in [6.45, 7) is 1.22. The fraction of sp³-hybridized carbons (Fsp3) is 0.405. The SMILES string of the molecule is COC(=O)N[C@@H](C)C(=O)N1CC(F)(F)C[C@H]1C1=NC=C(c2ccc(-c3ccc(-c4cnc([C@@H]5CC(F)(F)CN5C(=O)[C@H](C)NC(=O)OC)[nH]4)cc3)cc2)C1. The number of aliphatic imine (C=N–C) groups is 1. The predicted molar refractivity (Wildman–Crippen MR) is 189 cm³/mol. The number of imidazole rings is 1. The Morgan fingerprint density at radius 2 is 1.22 bits per heavy atom. The smallest absolute Gasteiger partial charge is 0.407 e. The minimum atomic E-state index is -3.14. The van der Waals surface area contributed by atoms with Crippen molar-refractivity contribution in [2.75, 3.05) is 27.3 Å². The molecule has 6 rings (SSSR count). The number of alkyl carbamates (subject to hydrolysis) is 2. The number of ether oxygens (including phenoxy) is 2. The van der Waals surface area contributed by atoms with Gasteiger partial charge in [0.1, 0.15) is 17.9 Å². The molecule has 0 saturated carbocycles. The highest BCUT2D eigenvalue weighted by molar-refractivity contribution is 6.04. The van der Waals surface area contributed by atoms with E-state index in [0.29, 0.717) is 11.4 Å². The number of amides is 4. The molecule has 0 unspecified atom stereocenters. The molecule has 0 bridgehead atoms. The quantitative estimate of drug-likeness (QED) is 0.242. The number of carbonyl (C=O) groups is 4. The van der Waals surface area contributed by atoms with Gasteiger partial charge in [-0.05, 0) is 41.7 Å². The van der Waals surface area contributed by atoms with Gasteiger partial charge in [0.25, 0.3) is 11.8 Å². The average molecular weight is 754 g/mol. The number of allylic oxidation sites excluding steroid dienone is 1. The van der Waals surface area contributed by atoms with Crippen molar-refractivity contribution in [3.63, 3.8) is 0 Å². The fourth-order valence-corrected chi connectivity index (χ4v) is 6.93. The summed E-state index contributed by atoms with van der Waals surface area (Å²) >= 11 is 0. The van der Waals surface area contributed by atoms with E-state index in [1.807, 2.05) is 48.5 Å². The Morgan fingerprint density at radius 3 is 1.74 bits per heavy atom. The summed E-state index contributed by atoms with van der Waals surface area (Å²) in [4.78, 5) is 63.2. The molecule has 286 valence electrons. The van der Waals surface area contributed by atoms with Crippen LogP contribution in [0.4, 0.5) is 27.2 Å². The molecule has 1 aromatic heterocycles. The first-order chi connectivity index (χ1) is 25.6. The zero-order valence-electron chi connectivity index (χ0n) is 29.9. The number of hydrogen-bond acceptors (Lipinski definition) is 8. The Bertz CT molecular complexity index is 1980.